The number of hydrogen-bond donors (Lipinski definition) is 0. The number of aromatic nitrogens is 2. The Morgan fingerprint density at radius 3 is 2.52 bits per heavy atom. The van der Waals surface area contributed by atoms with E-state index in [0.717, 1.165) is 16.3 Å². The van der Waals surface area contributed by atoms with Gasteiger partial charge in [0, 0.05) is 30.4 Å². The molecule has 6 nitrogen and oxygen atoms in total. The van der Waals surface area contributed by atoms with Crippen molar-refractivity contribution in [1.82, 2.24) is 14.7 Å². The summed E-state index contributed by atoms with van der Waals surface area (Å²) >= 11 is 0. The van der Waals surface area contributed by atoms with Crippen molar-refractivity contribution in [2.24, 2.45) is 0 Å². The summed E-state index contributed by atoms with van der Waals surface area (Å²) in [7, 11) is 0. The molecule has 0 aliphatic carbocycles. The maximum Gasteiger partial charge on any atom is 0.435 e. The van der Waals surface area contributed by atoms with Crippen LogP contribution in [0.5, 0.6) is 11.5 Å². The number of fused-ring (bicyclic) bond motifs is 1. The Morgan fingerprint density at radius 2 is 1.84 bits per heavy atom. The van der Waals surface area contributed by atoms with Crippen LogP contribution in [0.4, 0.5) is 13.2 Å². The number of ether oxygens (including phenoxy) is 2. The maximum absolute atomic E-state index is 13.0. The average Bonchev–Trinajstić information content (AvgIpc) is 3.28. The largest absolute Gasteiger partial charge is 0.486 e. The highest BCUT2D eigenvalue weighted by atomic mass is 19.4. The van der Waals surface area contributed by atoms with Crippen LogP contribution < -0.4 is 9.47 Å². The third-order valence-corrected chi connectivity index (χ3v) is 4.94. The highest BCUT2D eigenvalue weighted by Crippen LogP contribution is 2.34. The molecule has 4 rings (SSSR count). The van der Waals surface area contributed by atoms with E-state index in [1.165, 1.54) is 6.20 Å². The fraction of sp³-hybridized carbons (Fsp3) is 0.273. The monoisotopic (exact) mass is 431 g/mol. The number of para-hydroxylation sites is 1. The van der Waals surface area contributed by atoms with Crippen molar-refractivity contribution in [1.29, 1.82) is 0 Å². The van der Waals surface area contributed by atoms with Gasteiger partial charge in [0.15, 0.2) is 17.2 Å². The first kappa shape index (κ1) is 20.8. The standard InChI is InChI=1S/C22H20F3N3O3/c1-2-27(14-16-4-3-5-18-20(16)31-13-12-30-18)21(29)15-6-8-17(9-7-15)28-11-10-19(26-28)22(23,24)25/h3-11H,2,12-14H2,1H3. The minimum Gasteiger partial charge on any atom is -0.486 e. The third-order valence-electron chi connectivity index (χ3n) is 4.94. The van der Waals surface area contributed by atoms with Crippen LogP contribution in [-0.4, -0.2) is 40.3 Å². The number of rotatable bonds is 5. The van der Waals surface area contributed by atoms with Gasteiger partial charge >= 0.3 is 6.18 Å². The molecule has 2 heterocycles. The molecule has 0 fully saturated rings. The lowest BCUT2D eigenvalue weighted by molar-refractivity contribution is -0.141. The van der Waals surface area contributed by atoms with Gasteiger partial charge in [-0.3, -0.25) is 4.79 Å². The first-order valence-corrected chi connectivity index (χ1v) is 9.77. The van der Waals surface area contributed by atoms with Crippen molar-refractivity contribution in [2.45, 2.75) is 19.6 Å². The fourth-order valence-electron chi connectivity index (χ4n) is 3.35. The summed E-state index contributed by atoms with van der Waals surface area (Å²) in [5.41, 5.74) is 0.732. The van der Waals surface area contributed by atoms with Crippen LogP contribution in [0.3, 0.4) is 0 Å². The number of halogens is 3. The summed E-state index contributed by atoms with van der Waals surface area (Å²) in [5.74, 6) is 1.11. The number of carbonyl (C=O) groups excluding carboxylic acids is 1. The zero-order chi connectivity index (χ0) is 22.0. The minimum atomic E-state index is -4.51. The van der Waals surface area contributed by atoms with E-state index in [-0.39, 0.29) is 5.91 Å². The number of amides is 1. The Balaban J connectivity index is 1.51. The molecule has 1 amide bonds. The van der Waals surface area contributed by atoms with Crippen molar-refractivity contribution in [2.75, 3.05) is 19.8 Å². The molecule has 0 N–H and O–H groups in total. The molecular formula is C22H20F3N3O3. The van der Waals surface area contributed by atoms with Crippen LogP contribution >= 0.6 is 0 Å². The Hall–Kier alpha value is -3.49. The smallest absolute Gasteiger partial charge is 0.435 e. The zero-order valence-electron chi connectivity index (χ0n) is 16.7. The van der Waals surface area contributed by atoms with E-state index in [2.05, 4.69) is 5.10 Å². The van der Waals surface area contributed by atoms with Gasteiger partial charge < -0.3 is 14.4 Å². The van der Waals surface area contributed by atoms with Gasteiger partial charge in [-0.25, -0.2) is 4.68 Å². The molecule has 0 radical (unpaired) electrons. The number of alkyl halides is 3. The first-order valence-electron chi connectivity index (χ1n) is 9.77. The van der Waals surface area contributed by atoms with Crippen molar-refractivity contribution in [3.05, 3.63) is 71.5 Å². The van der Waals surface area contributed by atoms with E-state index in [1.807, 2.05) is 25.1 Å². The second-order valence-corrected chi connectivity index (χ2v) is 6.95. The maximum atomic E-state index is 13.0. The normalized spacial score (nSPS) is 13.2. The molecular weight excluding hydrogens is 411 g/mol. The van der Waals surface area contributed by atoms with E-state index in [9.17, 15) is 18.0 Å². The van der Waals surface area contributed by atoms with E-state index in [4.69, 9.17) is 9.47 Å². The molecule has 0 bridgehead atoms. The Morgan fingerprint density at radius 1 is 1.10 bits per heavy atom. The Labute approximate surface area is 176 Å². The van der Waals surface area contributed by atoms with Gasteiger partial charge in [0.25, 0.3) is 5.91 Å². The molecule has 0 saturated carbocycles. The molecule has 0 atom stereocenters. The van der Waals surface area contributed by atoms with Crippen LogP contribution in [0, 0.1) is 0 Å². The summed E-state index contributed by atoms with van der Waals surface area (Å²) in [6.45, 7) is 3.63. The van der Waals surface area contributed by atoms with Crippen molar-refractivity contribution in [3.8, 4) is 17.2 Å². The summed E-state index contributed by atoms with van der Waals surface area (Å²) < 4.78 is 50.7. The van der Waals surface area contributed by atoms with Crippen LogP contribution in [0.15, 0.2) is 54.7 Å². The molecule has 9 heteroatoms. The van der Waals surface area contributed by atoms with Crippen LogP contribution in [0.1, 0.15) is 28.5 Å². The lowest BCUT2D eigenvalue weighted by Gasteiger charge is -2.25. The molecule has 0 saturated heterocycles. The van der Waals surface area contributed by atoms with Gasteiger partial charge in [-0.15, -0.1) is 0 Å². The minimum absolute atomic E-state index is 0.195. The van der Waals surface area contributed by atoms with E-state index in [1.54, 1.807) is 29.2 Å². The number of benzene rings is 2. The average molecular weight is 431 g/mol. The predicted molar refractivity (Wildman–Crippen MR) is 106 cm³/mol. The number of carbonyl (C=O) groups is 1. The molecule has 3 aromatic rings. The molecule has 1 aromatic heterocycles. The van der Waals surface area contributed by atoms with E-state index >= 15 is 0 Å². The highest BCUT2D eigenvalue weighted by molar-refractivity contribution is 5.94. The molecule has 0 spiro atoms. The van der Waals surface area contributed by atoms with Gasteiger partial charge in [0.05, 0.1) is 5.69 Å². The third kappa shape index (κ3) is 4.35. The van der Waals surface area contributed by atoms with Crippen LogP contribution in [-0.2, 0) is 12.7 Å². The molecule has 162 valence electrons. The summed E-state index contributed by atoms with van der Waals surface area (Å²) in [4.78, 5) is 14.7. The zero-order valence-corrected chi connectivity index (χ0v) is 16.7. The summed E-state index contributed by atoms with van der Waals surface area (Å²) in [6.07, 6.45) is -3.27. The molecule has 1 aliphatic heterocycles. The van der Waals surface area contributed by atoms with Crippen molar-refractivity contribution in [3.63, 3.8) is 0 Å². The SMILES string of the molecule is CCN(Cc1cccc2c1OCCO2)C(=O)c1ccc(-n2ccc(C(F)(F)F)n2)cc1. The molecule has 0 unspecified atom stereocenters. The topological polar surface area (TPSA) is 56.6 Å². The fourth-order valence-corrected chi connectivity index (χ4v) is 3.35. The predicted octanol–water partition coefficient (Wildman–Crippen LogP) is 4.32. The molecule has 31 heavy (non-hydrogen) atoms. The summed E-state index contributed by atoms with van der Waals surface area (Å²) in [6, 6.07) is 12.8. The number of nitrogens with zero attached hydrogens (tertiary/aromatic N) is 3. The van der Waals surface area contributed by atoms with Gasteiger partial charge in [-0.05, 0) is 43.3 Å². The summed E-state index contributed by atoms with van der Waals surface area (Å²) in [5, 5.41) is 3.54. The van der Waals surface area contributed by atoms with E-state index < -0.39 is 11.9 Å². The van der Waals surface area contributed by atoms with Gasteiger partial charge in [-0.1, -0.05) is 12.1 Å². The van der Waals surface area contributed by atoms with Crippen LogP contribution in [0.25, 0.3) is 5.69 Å². The first-order chi connectivity index (χ1) is 14.9. The lowest BCUT2D eigenvalue weighted by Crippen LogP contribution is -2.31. The Bertz CT molecular complexity index is 1080. The number of hydrogen-bond acceptors (Lipinski definition) is 4. The molecule has 1 aliphatic rings. The van der Waals surface area contributed by atoms with Gasteiger partial charge in [0.2, 0.25) is 0 Å². The Kier molecular flexibility index (Phi) is 5.58. The van der Waals surface area contributed by atoms with Gasteiger partial charge in [-0.2, -0.15) is 18.3 Å². The highest BCUT2D eigenvalue weighted by Gasteiger charge is 2.33. The van der Waals surface area contributed by atoms with Gasteiger partial charge in [0.1, 0.15) is 13.2 Å². The van der Waals surface area contributed by atoms with E-state index in [0.29, 0.717) is 49.1 Å². The second kappa shape index (κ2) is 8.33. The molecule has 2 aromatic carbocycles. The van der Waals surface area contributed by atoms with Crippen molar-refractivity contribution < 1.29 is 27.4 Å². The quantitative estimate of drug-likeness (QED) is 0.604. The second-order valence-electron chi connectivity index (χ2n) is 6.95. The van der Waals surface area contributed by atoms with Crippen molar-refractivity contribution >= 4 is 5.91 Å². The lowest BCUT2D eigenvalue weighted by atomic mass is 10.1. The van der Waals surface area contributed by atoms with Crippen LogP contribution in [0.2, 0.25) is 0 Å².